The topological polar surface area (TPSA) is 46.2 Å². The minimum absolute atomic E-state index is 0.650. The molecule has 1 rings (SSSR count). The number of aromatic nitrogens is 1. The second-order valence-electron chi connectivity index (χ2n) is 3.43. The largest absolute Gasteiger partial charge is 0.478 e. The third-order valence-electron chi connectivity index (χ3n) is 2.10. The van der Waals surface area contributed by atoms with E-state index >= 15 is 0 Å². The van der Waals surface area contributed by atoms with Crippen molar-refractivity contribution in [2.75, 3.05) is 31.6 Å². The highest BCUT2D eigenvalue weighted by molar-refractivity contribution is 5.36. The number of ether oxygens (including phenoxy) is 1. The minimum atomic E-state index is 0.650. The number of nitrogens with zero attached hydrogens (tertiary/aromatic N) is 1. The molecule has 16 heavy (non-hydrogen) atoms. The van der Waals surface area contributed by atoms with Gasteiger partial charge in [0.15, 0.2) is 0 Å². The molecule has 0 bridgehead atoms. The molecule has 1 aromatic rings. The maximum absolute atomic E-state index is 5.33. The van der Waals surface area contributed by atoms with Gasteiger partial charge in [-0.2, -0.15) is 4.98 Å². The van der Waals surface area contributed by atoms with Crippen LogP contribution < -0.4 is 15.4 Å². The van der Waals surface area contributed by atoms with Crippen LogP contribution in [0.5, 0.6) is 5.88 Å². The van der Waals surface area contributed by atoms with Gasteiger partial charge < -0.3 is 15.4 Å². The van der Waals surface area contributed by atoms with Crippen LogP contribution in [0, 0.1) is 0 Å². The summed E-state index contributed by atoms with van der Waals surface area (Å²) in [6, 6.07) is 5.77. The number of rotatable bonds is 8. The zero-order valence-corrected chi connectivity index (χ0v) is 10.1. The first-order chi connectivity index (χ1) is 7.86. The SMILES string of the molecule is CCNCCCNc1cccc(OCC)n1. The first-order valence-corrected chi connectivity index (χ1v) is 5.91. The van der Waals surface area contributed by atoms with Crippen LogP contribution >= 0.6 is 0 Å². The van der Waals surface area contributed by atoms with Crippen LogP contribution in [0.1, 0.15) is 20.3 Å². The van der Waals surface area contributed by atoms with Crippen molar-refractivity contribution in [2.45, 2.75) is 20.3 Å². The number of nitrogens with one attached hydrogen (secondary N) is 2. The van der Waals surface area contributed by atoms with Gasteiger partial charge in [0.25, 0.3) is 0 Å². The Hall–Kier alpha value is -1.29. The minimum Gasteiger partial charge on any atom is -0.478 e. The Morgan fingerprint density at radius 3 is 2.88 bits per heavy atom. The number of pyridine rings is 1. The molecule has 0 radical (unpaired) electrons. The van der Waals surface area contributed by atoms with E-state index in [2.05, 4.69) is 22.5 Å². The number of hydrogen-bond acceptors (Lipinski definition) is 4. The van der Waals surface area contributed by atoms with E-state index in [4.69, 9.17) is 4.74 Å². The Morgan fingerprint density at radius 2 is 2.12 bits per heavy atom. The van der Waals surface area contributed by atoms with Crippen LogP contribution in [0.25, 0.3) is 0 Å². The van der Waals surface area contributed by atoms with Crippen molar-refractivity contribution < 1.29 is 4.74 Å². The van der Waals surface area contributed by atoms with Gasteiger partial charge in [-0.25, -0.2) is 0 Å². The summed E-state index contributed by atoms with van der Waals surface area (Å²) in [5.41, 5.74) is 0. The fourth-order valence-corrected chi connectivity index (χ4v) is 1.35. The summed E-state index contributed by atoms with van der Waals surface area (Å²) in [6.45, 7) is 7.71. The lowest BCUT2D eigenvalue weighted by Crippen LogP contribution is -2.17. The van der Waals surface area contributed by atoms with Crippen molar-refractivity contribution in [1.29, 1.82) is 0 Å². The molecule has 0 spiro atoms. The van der Waals surface area contributed by atoms with Gasteiger partial charge in [-0.3, -0.25) is 0 Å². The second kappa shape index (κ2) is 7.93. The van der Waals surface area contributed by atoms with E-state index in [9.17, 15) is 0 Å². The Morgan fingerprint density at radius 1 is 1.25 bits per heavy atom. The fraction of sp³-hybridized carbons (Fsp3) is 0.583. The van der Waals surface area contributed by atoms with Crippen molar-refractivity contribution in [3.05, 3.63) is 18.2 Å². The highest BCUT2D eigenvalue weighted by atomic mass is 16.5. The molecular formula is C12H21N3O. The van der Waals surface area contributed by atoms with Gasteiger partial charge in [0.1, 0.15) is 5.82 Å². The van der Waals surface area contributed by atoms with Crippen LogP contribution in [0.15, 0.2) is 18.2 Å². The Balaban J connectivity index is 2.27. The lowest BCUT2D eigenvalue weighted by molar-refractivity contribution is 0.327. The molecule has 4 nitrogen and oxygen atoms in total. The highest BCUT2D eigenvalue weighted by Crippen LogP contribution is 2.10. The third kappa shape index (κ3) is 4.98. The van der Waals surface area contributed by atoms with Crippen LogP contribution in [-0.4, -0.2) is 31.2 Å². The Labute approximate surface area is 97.4 Å². The van der Waals surface area contributed by atoms with E-state index in [0.717, 1.165) is 31.9 Å². The van der Waals surface area contributed by atoms with Crippen LogP contribution in [-0.2, 0) is 0 Å². The van der Waals surface area contributed by atoms with E-state index in [0.29, 0.717) is 12.5 Å². The van der Waals surface area contributed by atoms with Crippen molar-refractivity contribution in [3.8, 4) is 5.88 Å². The monoisotopic (exact) mass is 223 g/mol. The van der Waals surface area contributed by atoms with Gasteiger partial charge >= 0.3 is 0 Å². The molecule has 1 heterocycles. The first-order valence-electron chi connectivity index (χ1n) is 5.91. The number of anilines is 1. The van der Waals surface area contributed by atoms with Crippen molar-refractivity contribution >= 4 is 5.82 Å². The van der Waals surface area contributed by atoms with Gasteiger partial charge in [-0.1, -0.05) is 13.0 Å². The van der Waals surface area contributed by atoms with Crippen molar-refractivity contribution in [3.63, 3.8) is 0 Å². The van der Waals surface area contributed by atoms with E-state index in [1.165, 1.54) is 0 Å². The van der Waals surface area contributed by atoms with E-state index in [1.54, 1.807) is 0 Å². The molecule has 0 aliphatic heterocycles. The number of hydrogen-bond donors (Lipinski definition) is 2. The standard InChI is InChI=1S/C12H21N3O/c1-3-13-9-6-10-14-11-7-5-8-12(15-11)16-4-2/h5,7-8,13H,3-4,6,9-10H2,1-2H3,(H,14,15). The van der Waals surface area contributed by atoms with Crippen LogP contribution in [0.2, 0.25) is 0 Å². The van der Waals surface area contributed by atoms with Crippen LogP contribution in [0.3, 0.4) is 0 Å². The predicted octanol–water partition coefficient (Wildman–Crippen LogP) is 1.89. The van der Waals surface area contributed by atoms with Gasteiger partial charge in [0, 0.05) is 12.6 Å². The lowest BCUT2D eigenvalue weighted by Gasteiger charge is -2.07. The molecule has 1 aromatic heterocycles. The molecule has 0 saturated heterocycles. The zero-order valence-electron chi connectivity index (χ0n) is 10.1. The predicted molar refractivity (Wildman–Crippen MR) is 67.1 cm³/mol. The Kier molecular flexibility index (Phi) is 6.33. The summed E-state index contributed by atoms with van der Waals surface area (Å²) < 4.78 is 5.33. The quantitative estimate of drug-likeness (QED) is 0.661. The molecule has 0 fully saturated rings. The summed E-state index contributed by atoms with van der Waals surface area (Å²) in [7, 11) is 0. The molecule has 0 atom stereocenters. The molecule has 0 aliphatic carbocycles. The summed E-state index contributed by atoms with van der Waals surface area (Å²) in [4.78, 5) is 4.33. The molecule has 2 N–H and O–H groups in total. The third-order valence-corrected chi connectivity index (χ3v) is 2.10. The lowest BCUT2D eigenvalue weighted by atomic mass is 10.4. The summed E-state index contributed by atoms with van der Waals surface area (Å²) in [5.74, 6) is 1.56. The second-order valence-corrected chi connectivity index (χ2v) is 3.43. The maximum Gasteiger partial charge on any atom is 0.215 e. The highest BCUT2D eigenvalue weighted by Gasteiger charge is 1.96. The summed E-state index contributed by atoms with van der Waals surface area (Å²) in [6.07, 6.45) is 1.09. The van der Waals surface area contributed by atoms with Gasteiger partial charge in [-0.15, -0.1) is 0 Å². The zero-order chi connectivity index (χ0) is 11.6. The average Bonchev–Trinajstić information content (AvgIpc) is 2.30. The molecular weight excluding hydrogens is 202 g/mol. The Bertz CT molecular complexity index is 291. The fourth-order valence-electron chi connectivity index (χ4n) is 1.35. The molecule has 90 valence electrons. The average molecular weight is 223 g/mol. The normalized spacial score (nSPS) is 10.1. The van der Waals surface area contributed by atoms with E-state index in [1.807, 2.05) is 25.1 Å². The van der Waals surface area contributed by atoms with Crippen LogP contribution in [0.4, 0.5) is 5.82 Å². The molecule has 0 unspecified atom stereocenters. The van der Waals surface area contributed by atoms with Crippen molar-refractivity contribution in [1.82, 2.24) is 10.3 Å². The van der Waals surface area contributed by atoms with E-state index in [-0.39, 0.29) is 0 Å². The molecule has 0 aliphatic rings. The molecule has 4 heteroatoms. The summed E-state index contributed by atoms with van der Waals surface area (Å²) in [5, 5.41) is 6.55. The first kappa shape index (κ1) is 12.8. The van der Waals surface area contributed by atoms with Crippen molar-refractivity contribution in [2.24, 2.45) is 0 Å². The van der Waals surface area contributed by atoms with E-state index < -0.39 is 0 Å². The maximum atomic E-state index is 5.33. The molecule has 0 saturated carbocycles. The van der Waals surface area contributed by atoms with Gasteiger partial charge in [0.2, 0.25) is 5.88 Å². The van der Waals surface area contributed by atoms with Gasteiger partial charge in [0.05, 0.1) is 6.61 Å². The molecule has 0 amide bonds. The smallest absolute Gasteiger partial charge is 0.215 e. The summed E-state index contributed by atoms with van der Waals surface area (Å²) >= 11 is 0. The van der Waals surface area contributed by atoms with Gasteiger partial charge in [-0.05, 0) is 32.5 Å². The molecule has 0 aromatic carbocycles.